The molecule has 16 heavy (non-hydrogen) atoms. The third-order valence-corrected chi connectivity index (χ3v) is 2.43. The first-order valence-electron chi connectivity index (χ1n) is 4.94. The van der Waals surface area contributed by atoms with Crippen LogP contribution in [0.5, 0.6) is 5.75 Å². The predicted octanol–water partition coefficient (Wildman–Crippen LogP) is 1.86. The molecule has 3 nitrogen and oxygen atoms in total. The molecule has 0 saturated carbocycles. The van der Waals surface area contributed by atoms with Gasteiger partial charge in [0.2, 0.25) is 0 Å². The van der Waals surface area contributed by atoms with E-state index < -0.39 is 18.0 Å². The summed E-state index contributed by atoms with van der Waals surface area (Å²) in [5.74, 6) is -0.289. The van der Waals surface area contributed by atoms with E-state index in [-0.39, 0.29) is 11.4 Å². The molecule has 0 spiro atoms. The summed E-state index contributed by atoms with van der Waals surface area (Å²) in [6.07, 6.45) is -2.41. The van der Waals surface area contributed by atoms with Crippen LogP contribution in [0.3, 0.4) is 0 Å². The van der Waals surface area contributed by atoms with E-state index in [0.717, 1.165) is 6.07 Å². The van der Waals surface area contributed by atoms with E-state index in [1.807, 2.05) is 0 Å². The minimum atomic E-state index is -1.25. The monoisotopic (exact) mass is 248 g/mol. The third kappa shape index (κ3) is 3.07. The maximum atomic E-state index is 13.0. The molecule has 0 saturated heterocycles. The van der Waals surface area contributed by atoms with Crippen LogP contribution < -0.4 is 4.74 Å². The summed E-state index contributed by atoms with van der Waals surface area (Å²) < 4.78 is 18.3. The van der Waals surface area contributed by atoms with Gasteiger partial charge in [-0.25, -0.2) is 4.39 Å². The number of rotatable bonds is 5. The lowest BCUT2D eigenvalue weighted by Crippen LogP contribution is -2.20. The fraction of sp³-hybridized carbons (Fsp3) is 0.455. The van der Waals surface area contributed by atoms with E-state index in [1.54, 1.807) is 6.92 Å². The molecule has 0 radical (unpaired) electrons. The fourth-order valence-electron chi connectivity index (χ4n) is 1.33. The standard InChI is InChI=1S/C11H14ClFO3/c1-2-16-10-4-3-7(13)5-8(10)11(15)9(14)6-12/h3-5,9,11,14-15H,2,6H2,1H3. The maximum absolute atomic E-state index is 13.0. The van der Waals surface area contributed by atoms with E-state index in [4.69, 9.17) is 16.3 Å². The van der Waals surface area contributed by atoms with Gasteiger partial charge in [-0.05, 0) is 25.1 Å². The second kappa shape index (κ2) is 6.03. The molecule has 0 fully saturated rings. The van der Waals surface area contributed by atoms with Crippen LogP contribution in [0.2, 0.25) is 0 Å². The Bertz CT molecular complexity index is 346. The number of alkyl halides is 1. The average molecular weight is 249 g/mol. The summed E-state index contributed by atoms with van der Waals surface area (Å²) >= 11 is 5.42. The molecular formula is C11H14ClFO3. The molecule has 0 aliphatic rings. The van der Waals surface area contributed by atoms with Gasteiger partial charge in [-0.15, -0.1) is 11.6 Å². The Morgan fingerprint density at radius 2 is 2.12 bits per heavy atom. The van der Waals surface area contributed by atoms with Crippen molar-refractivity contribution in [3.05, 3.63) is 29.6 Å². The van der Waals surface area contributed by atoms with E-state index in [0.29, 0.717) is 12.4 Å². The highest BCUT2D eigenvalue weighted by Gasteiger charge is 2.21. The molecule has 0 heterocycles. The lowest BCUT2D eigenvalue weighted by atomic mass is 10.0. The van der Waals surface area contributed by atoms with Gasteiger partial charge in [0.05, 0.1) is 18.6 Å². The molecule has 1 aromatic carbocycles. The normalized spacial score (nSPS) is 14.6. The van der Waals surface area contributed by atoms with Gasteiger partial charge in [0.25, 0.3) is 0 Å². The van der Waals surface area contributed by atoms with E-state index in [9.17, 15) is 14.6 Å². The molecule has 2 N–H and O–H groups in total. The Hall–Kier alpha value is -0.840. The number of halogens is 2. The van der Waals surface area contributed by atoms with Gasteiger partial charge >= 0.3 is 0 Å². The van der Waals surface area contributed by atoms with Crippen LogP contribution in [-0.2, 0) is 0 Å². The van der Waals surface area contributed by atoms with Crippen molar-refractivity contribution in [2.75, 3.05) is 12.5 Å². The lowest BCUT2D eigenvalue weighted by Gasteiger charge is -2.19. The Kier molecular flexibility index (Phi) is 4.99. The van der Waals surface area contributed by atoms with Crippen LogP contribution in [0.1, 0.15) is 18.6 Å². The summed E-state index contributed by atoms with van der Waals surface area (Å²) in [5.41, 5.74) is 0.204. The Morgan fingerprint density at radius 1 is 1.44 bits per heavy atom. The van der Waals surface area contributed by atoms with E-state index >= 15 is 0 Å². The Labute approximate surface area is 98.4 Å². The zero-order chi connectivity index (χ0) is 12.1. The van der Waals surface area contributed by atoms with Crippen molar-refractivity contribution in [1.82, 2.24) is 0 Å². The predicted molar refractivity (Wildman–Crippen MR) is 59.3 cm³/mol. The quantitative estimate of drug-likeness (QED) is 0.782. The largest absolute Gasteiger partial charge is 0.493 e. The summed E-state index contributed by atoms with van der Waals surface area (Å²) in [6.45, 7) is 2.17. The molecule has 1 aromatic rings. The molecule has 2 unspecified atom stereocenters. The van der Waals surface area contributed by atoms with Crippen molar-refractivity contribution in [2.45, 2.75) is 19.1 Å². The fourth-order valence-corrected chi connectivity index (χ4v) is 1.50. The van der Waals surface area contributed by atoms with Gasteiger partial charge in [-0.1, -0.05) is 0 Å². The Morgan fingerprint density at radius 3 is 2.69 bits per heavy atom. The summed E-state index contributed by atoms with van der Waals surface area (Å²) in [5, 5.41) is 19.1. The minimum Gasteiger partial charge on any atom is -0.493 e. The van der Waals surface area contributed by atoms with Crippen LogP contribution in [0.4, 0.5) is 4.39 Å². The second-order valence-corrected chi connectivity index (χ2v) is 3.59. The number of hydrogen-bond donors (Lipinski definition) is 2. The van der Waals surface area contributed by atoms with Gasteiger partial charge in [0.1, 0.15) is 17.7 Å². The molecule has 2 atom stereocenters. The SMILES string of the molecule is CCOc1ccc(F)cc1C(O)C(O)CCl. The number of ether oxygens (including phenoxy) is 1. The molecule has 1 rings (SSSR count). The number of aliphatic hydroxyl groups is 2. The molecule has 0 amide bonds. The summed E-state index contributed by atoms with van der Waals surface area (Å²) in [7, 11) is 0. The highest BCUT2D eigenvalue weighted by atomic mass is 35.5. The van der Waals surface area contributed by atoms with Crippen molar-refractivity contribution in [2.24, 2.45) is 0 Å². The Balaban J connectivity index is 3.03. The molecule has 0 aliphatic carbocycles. The van der Waals surface area contributed by atoms with Crippen molar-refractivity contribution in [3.63, 3.8) is 0 Å². The smallest absolute Gasteiger partial charge is 0.125 e. The van der Waals surface area contributed by atoms with Crippen molar-refractivity contribution < 1.29 is 19.3 Å². The van der Waals surface area contributed by atoms with Crippen molar-refractivity contribution in [1.29, 1.82) is 0 Å². The molecule has 0 bridgehead atoms. The lowest BCUT2D eigenvalue weighted by molar-refractivity contribution is 0.0307. The zero-order valence-electron chi connectivity index (χ0n) is 8.86. The van der Waals surface area contributed by atoms with E-state index in [2.05, 4.69) is 0 Å². The number of aliphatic hydroxyl groups excluding tert-OH is 2. The van der Waals surface area contributed by atoms with Crippen molar-refractivity contribution >= 4 is 11.6 Å². The highest BCUT2D eigenvalue weighted by molar-refractivity contribution is 6.18. The first-order chi connectivity index (χ1) is 7.60. The molecule has 0 aliphatic heterocycles. The van der Waals surface area contributed by atoms with Crippen LogP contribution >= 0.6 is 11.6 Å². The maximum Gasteiger partial charge on any atom is 0.125 e. The van der Waals surface area contributed by atoms with Crippen LogP contribution in [0.15, 0.2) is 18.2 Å². The molecule has 90 valence electrons. The second-order valence-electron chi connectivity index (χ2n) is 3.28. The molecule has 5 heteroatoms. The number of hydrogen-bond acceptors (Lipinski definition) is 3. The average Bonchev–Trinajstić information content (AvgIpc) is 2.29. The summed E-state index contributed by atoms with van der Waals surface area (Å²) in [6, 6.07) is 3.78. The topological polar surface area (TPSA) is 49.7 Å². The zero-order valence-corrected chi connectivity index (χ0v) is 9.62. The molecule has 0 aromatic heterocycles. The number of benzene rings is 1. The third-order valence-electron chi connectivity index (χ3n) is 2.11. The first-order valence-corrected chi connectivity index (χ1v) is 5.48. The van der Waals surface area contributed by atoms with Crippen LogP contribution in [0, 0.1) is 5.82 Å². The minimum absolute atomic E-state index is 0.136. The van der Waals surface area contributed by atoms with Crippen molar-refractivity contribution in [3.8, 4) is 5.75 Å². The highest BCUT2D eigenvalue weighted by Crippen LogP contribution is 2.28. The molecular weight excluding hydrogens is 235 g/mol. The van der Waals surface area contributed by atoms with Gasteiger partial charge < -0.3 is 14.9 Å². The van der Waals surface area contributed by atoms with Crippen LogP contribution in [-0.4, -0.2) is 28.8 Å². The summed E-state index contributed by atoms with van der Waals surface area (Å²) in [4.78, 5) is 0. The first kappa shape index (κ1) is 13.2. The van der Waals surface area contributed by atoms with Gasteiger partial charge in [-0.2, -0.15) is 0 Å². The van der Waals surface area contributed by atoms with Gasteiger partial charge in [0, 0.05) is 5.56 Å². The van der Waals surface area contributed by atoms with Gasteiger partial charge in [0.15, 0.2) is 0 Å². The van der Waals surface area contributed by atoms with Crippen LogP contribution in [0.25, 0.3) is 0 Å². The van der Waals surface area contributed by atoms with E-state index in [1.165, 1.54) is 12.1 Å². The van der Waals surface area contributed by atoms with Gasteiger partial charge in [-0.3, -0.25) is 0 Å².